The van der Waals surface area contributed by atoms with Crippen molar-refractivity contribution in [3.05, 3.63) is 54.9 Å². The number of hydrogen-bond acceptors (Lipinski definition) is 8. The summed E-state index contributed by atoms with van der Waals surface area (Å²) in [7, 11) is -4.06. The number of sulfone groups is 1. The number of nitrogens with zero attached hydrogens (tertiary/aromatic N) is 3. The Morgan fingerprint density at radius 2 is 1.58 bits per heavy atom. The molecule has 2 N–H and O–H groups in total. The minimum atomic E-state index is -4.87. The van der Waals surface area contributed by atoms with Crippen molar-refractivity contribution in [3.8, 4) is 16.9 Å². The largest absolute Gasteiger partial charge is 0.573 e. The van der Waals surface area contributed by atoms with E-state index in [0.29, 0.717) is 43.1 Å². The van der Waals surface area contributed by atoms with Crippen LogP contribution in [0.2, 0.25) is 0 Å². The molecule has 0 unspecified atom stereocenters. The lowest BCUT2D eigenvalue weighted by atomic mass is 10.1. The predicted octanol–water partition coefficient (Wildman–Crippen LogP) is 3.29. The molecular weight excluding hydrogens is 461 g/mol. The zero-order valence-corrected chi connectivity index (χ0v) is 17.9. The fourth-order valence-electron chi connectivity index (χ4n) is 3.35. The minimum Gasteiger partial charge on any atom is -0.406 e. The average Bonchev–Trinajstić information content (AvgIpc) is 2.79. The Bertz CT molecular complexity index is 1230. The monoisotopic (exact) mass is 480 g/mol. The molecule has 0 amide bonds. The van der Waals surface area contributed by atoms with E-state index in [1.54, 1.807) is 0 Å². The second kappa shape index (κ2) is 8.87. The van der Waals surface area contributed by atoms with Gasteiger partial charge in [0, 0.05) is 36.7 Å². The van der Waals surface area contributed by atoms with Gasteiger partial charge in [-0.3, -0.25) is 0 Å². The molecule has 174 valence electrons. The van der Waals surface area contributed by atoms with Crippen LogP contribution in [0.5, 0.6) is 5.75 Å². The third-order valence-corrected chi connectivity index (χ3v) is 6.70. The Morgan fingerprint density at radius 1 is 0.939 bits per heavy atom. The van der Waals surface area contributed by atoms with Crippen LogP contribution < -0.4 is 15.4 Å². The number of nitrogen functional groups attached to an aromatic ring is 1. The third-order valence-electron chi connectivity index (χ3n) is 4.95. The lowest BCUT2D eigenvalue weighted by Gasteiger charge is -2.29. The molecule has 4 rings (SSSR count). The number of nitrogens with two attached hydrogens (primary N) is 1. The highest BCUT2D eigenvalue weighted by molar-refractivity contribution is 7.91. The SMILES string of the molecule is Nc1ncc(-c2cc(N3CCOCC3)cc(S(=O)(=O)c3ccc(OC(F)(F)F)cc3)c2)cn1. The van der Waals surface area contributed by atoms with Gasteiger partial charge in [0.2, 0.25) is 15.8 Å². The molecule has 1 aliphatic rings. The van der Waals surface area contributed by atoms with Crippen molar-refractivity contribution in [1.82, 2.24) is 9.97 Å². The van der Waals surface area contributed by atoms with Gasteiger partial charge < -0.3 is 20.1 Å². The van der Waals surface area contributed by atoms with E-state index < -0.39 is 21.9 Å². The van der Waals surface area contributed by atoms with Crippen LogP contribution in [0.4, 0.5) is 24.8 Å². The lowest BCUT2D eigenvalue weighted by Crippen LogP contribution is -2.36. The highest BCUT2D eigenvalue weighted by atomic mass is 32.2. The van der Waals surface area contributed by atoms with E-state index in [1.165, 1.54) is 24.5 Å². The Balaban J connectivity index is 1.76. The number of anilines is 2. The first-order valence-electron chi connectivity index (χ1n) is 9.78. The normalized spacial score (nSPS) is 14.8. The van der Waals surface area contributed by atoms with E-state index in [2.05, 4.69) is 14.7 Å². The number of rotatable bonds is 5. The fraction of sp³-hybridized carbons (Fsp3) is 0.238. The molecule has 12 heteroatoms. The summed E-state index contributed by atoms with van der Waals surface area (Å²) in [4.78, 5) is 9.72. The second-order valence-electron chi connectivity index (χ2n) is 7.17. The van der Waals surface area contributed by atoms with Crippen LogP contribution in [0.15, 0.2) is 64.6 Å². The Morgan fingerprint density at radius 3 is 2.18 bits per heavy atom. The molecule has 1 saturated heterocycles. The Kier molecular flexibility index (Phi) is 6.13. The fourth-order valence-corrected chi connectivity index (χ4v) is 4.68. The molecule has 0 aliphatic carbocycles. The van der Waals surface area contributed by atoms with E-state index in [1.807, 2.05) is 11.0 Å². The number of benzene rings is 2. The van der Waals surface area contributed by atoms with Crippen LogP contribution in [-0.4, -0.2) is 51.1 Å². The van der Waals surface area contributed by atoms with E-state index in [9.17, 15) is 21.6 Å². The molecule has 3 aromatic rings. The summed E-state index contributed by atoms with van der Waals surface area (Å²) in [6.45, 7) is 2.14. The summed E-state index contributed by atoms with van der Waals surface area (Å²) in [6.07, 6.45) is -1.90. The van der Waals surface area contributed by atoms with Crippen molar-refractivity contribution in [2.45, 2.75) is 16.2 Å². The van der Waals surface area contributed by atoms with Crippen molar-refractivity contribution in [1.29, 1.82) is 0 Å². The summed E-state index contributed by atoms with van der Waals surface area (Å²) >= 11 is 0. The first-order chi connectivity index (χ1) is 15.6. The van der Waals surface area contributed by atoms with E-state index in [-0.39, 0.29) is 15.7 Å². The van der Waals surface area contributed by atoms with Crippen LogP contribution in [0.3, 0.4) is 0 Å². The smallest absolute Gasteiger partial charge is 0.406 e. The maximum atomic E-state index is 13.3. The zero-order chi connectivity index (χ0) is 23.6. The molecule has 8 nitrogen and oxygen atoms in total. The van der Waals surface area contributed by atoms with E-state index >= 15 is 0 Å². The van der Waals surface area contributed by atoms with E-state index in [0.717, 1.165) is 24.3 Å². The van der Waals surface area contributed by atoms with Gasteiger partial charge in [-0.05, 0) is 48.0 Å². The molecular formula is C21H19F3N4O4S. The molecule has 0 spiro atoms. The molecule has 2 aromatic carbocycles. The Hall–Kier alpha value is -3.38. The molecule has 1 aromatic heterocycles. The molecule has 0 bridgehead atoms. The van der Waals surface area contributed by atoms with Crippen LogP contribution >= 0.6 is 0 Å². The van der Waals surface area contributed by atoms with E-state index in [4.69, 9.17) is 10.5 Å². The van der Waals surface area contributed by atoms with Gasteiger partial charge in [0.15, 0.2) is 0 Å². The summed E-state index contributed by atoms with van der Waals surface area (Å²) < 4.78 is 73.2. The van der Waals surface area contributed by atoms with Gasteiger partial charge in [0.25, 0.3) is 0 Å². The van der Waals surface area contributed by atoms with Crippen LogP contribution in [0.25, 0.3) is 11.1 Å². The number of hydrogen-bond donors (Lipinski definition) is 1. The molecule has 1 aliphatic heterocycles. The van der Waals surface area contributed by atoms with Crippen molar-refractivity contribution in [2.75, 3.05) is 36.9 Å². The second-order valence-corrected chi connectivity index (χ2v) is 9.12. The highest BCUT2D eigenvalue weighted by Gasteiger charge is 2.31. The van der Waals surface area contributed by atoms with Gasteiger partial charge in [-0.15, -0.1) is 13.2 Å². The van der Waals surface area contributed by atoms with Crippen LogP contribution in [0, 0.1) is 0 Å². The summed E-state index contributed by atoms with van der Waals surface area (Å²) in [5, 5.41) is 0. The third kappa shape index (κ3) is 5.34. The van der Waals surface area contributed by atoms with Gasteiger partial charge in [0.1, 0.15) is 5.75 Å². The number of alkyl halides is 3. The molecule has 0 radical (unpaired) electrons. The van der Waals surface area contributed by atoms with Crippen LogP contribution in [-0.2, 0) is 14.6 Å². The van der Waals surface area contributed by atoms with Gasteiger partial charge >= 0.3 is 6.36 Å². The van der Waals surface area contributed by atoms with Gasteiger partial charge in [-0.25, -0.2) is 18.4 Å². The predicted molar refractivity (Wildman–Crippen MR) is 113 cm³/mol. The standard InChI is InChI=1S/C21H19F3N4O4S/c22-21(23,24)32-17-1-3-18(4-2-17)33(29,30)19-10-14(15-12-26-20(25)27-13-15)9-16(11-19)28-5-7-31-8-6-28/h1-4,9-13H,5-8H2,(H2,25,26,27). The summed E-state index contributed by atoms with van der Waals surface area (Å²) in [5.41, 5.74) is 7.32. The summed E-state index contributed by atoms with van der Waals surface area (Å²) in [5.74, 6) is -0.430. The maximum Gasteiger partial charge on any atom is 0.573 e. The molecule has 33 heavy (non-hydrogen) atoms. The molecule has 1 fully saturated rings. The number of ether oxygens (including phenoxy) is 2. The maximum absolute atomic E-state index is 13.3. The summed E-state index contributed by atoms with van der Waals surface area (Å²) in [6, 6.07) is 8.88. The Labute approximate surface area is 187 Å². The van der Waals surface area contributed by atoms with Crippen molar-refractivity contribution in [3.63, 3.8) is 0 Å². The van der Waals surface area contributed by atoms with Gasteiger partial charge in [0.05, 0.1) is 23.0 Å². The zero-order valence-electron chi connectivity index (χ0n) is 17.1. The van der Waals surface area contributed by atoms with Gasteiger partial charge in [-0.2, -0.15) is 0 Å². The first-order valence-corrected chi connectivity index (χ1v) is 11.3. The molecule has 2 heterocycles. The number of halogens is 3. The number of morpholine rings is 1. The quantitative estimate of drug-likeness (QED) is 0.593. The molecule has 0 saturated carbocycles. The van der Waals surface area contributed by atoms with Crippen molar-refractivity contribution < 1.29 is 31.1 Å². The number of aromatic nitrogens is 2. The topological polar surface area (TPSA) is 108 Å². The molecule has 0 atom stereocenters. The lowest BCUT2D eigenvalue weighted by molar-refractivity contribution is -0.274. The average molecular weight is 480 g/mol. The van der Waals surface area contributed by atoms with Gasteiger partial charge in [-0.1, -0.05) is 0 Å². The highest BCUT2D eigenvalue weighted by Crippen LogP contribution is 2.33. The van der Waals surface area contributed by atoms with Crippen molar-refractivity contribution in [2.24, 2.45) is 0 Å². The van der Waals surface area contributed by atoms with Crippen LogP contribution in [0.1, 0.15) is 0 Å². The minimum absolute atomic E-state index is 0.0252. The van der Waals surface area contributed by atoms with Crippen molar-refractivity contribution >= 4 is 21.5 Å². The first kappa shape index (κ1) is 22.8.